The summed E-state index contributed by atoms with van der Waals surface area (Å²) >= 11 is 0. The van der Waals surface area contributed by atoms with Crippen LogP contribution in [0.5, 0.6) is 0 Å². The summed E-state index contributed by atoms with van der Waals surface area (Å²) in [7, 11) is 0. The Labute approximate surface area is 181 Å². The van der Waals surface area contributed by atoms with Crippen LogP contribution in [0.4, 0.5) is 16.6 Å². The highest BCUT2D eigenvalue weighted by Crippen LogP contribution is 2.40. The van der Waals surface area contributed by atoms with Gasteiger partial charge >= 0.3 is 12.1 Å². The van der Waals surface area contributed by atoms with Crippen molar-refractivity contribution >= 4 is 23.8 Å². The van der Waals surface area contributed by atoms with E-state index in [1.165, 1.54) is 0 Å². The summed E-state index contributed by atoms with van der Waals surface area (Å²) in [5, 5.41) is 9.25. The quantitative estimate of drug-likeness (QED) is 0.724. The fourth-order valence-electron chi connectivity index (χ4n) is 5.89. The summed E-state index contributed by atoms with van der Waals surface area (Å²) in [6, 6.07) is 2.37. The van der Waals surface area contributed by atoms with Crippen molar-refractivity contribution < 1.29 is 19.4 Å². The number of nitrogens with two attached hydrogens (primary N) is 1. The second-order valence-corrected chi connectivity index (χ2v) is 9.11. The van der Waals surface area contributed by atoms with Crippen LogP contribution in [0.25, 0.3) is 0 Å². The molecule has 168 valence electrons. The summed E-state index contributed by atoms with van der Waals surface area (Å²) in [5.41, 5.74) is 5.71. The smallest absolute Gasteiger partial charge is 0.410 e. The van der Waals surface area contributed by atoms with E-state index >= 15 is 0 Å². The van der Waals surface area contributed by atoms with Crippen LogP contribution in [-0.4, -0.2) is 87.3 Å². The zero-order valence-corrected chi connectivity index (χ0v) is 17.6. The van der Waals surface area contributed by atoms with Crippen LogP contribution in [0, 0.1) is 5.92 Å². The molecule has 4 heterocycles. The third-order valence-corrected chi connectivity index (χ3v) is 7.51. The number of carbonyl (C=O) groups excluding carboxylic acids is 1. The number of carboxylic acids is 1. The normalized spacial score (nSPS) is 30.5. The number of ether oxygens (including phenoxy) is 1. The Hall–Kier alpha value is -2.62. The molecule has 1 aromatic rings. The van der Waals surface area contributed by atoms with E-state index < -0.39 is 5.97 Å². The van der Waals surface area contributed by atoms with Gasteiger partial charge < -0.3 is 20.5 Å². The lowest BCUT2D eigenvalue weighted by molar-refractivity contribution is -0.143. The summed E-state index contributed by atoms with van der Waals surface area (Å²) in [5.74, 6) is 0.165. The molecule has 5 rings (SSSR count). The molecule has 1 amide bonds. The molecule has 4 aliphatic rings. The Morgan fingerprint density at radius 2 is 1.77 bits per heavy atom. The molecule has 0 radical (unpaired) electrons. The van der Waals surface area contributed by atoms with Crippen LogP contribution in [-0.2, 0) is 9.53 Å². The summed E-state index contributed by atoms with van der Waals surface area (Å²) in [6.07, 6.45) is 6.41. The van der Waals surface area contributed by atoms with Gasteiger partial charge in [-0.05, 0) is 57.7 Å². The highest BCUT2D eigenvalue weighted by molar-refractivity contribution is 5.72. The van der Waals surface area contributed by atoms with Crippen molar-refractivity contribution in [2.45, 2.75) is 62.8 Å². The van der Waals surface area contributed by atoms with Crippen LogP contribution in [0.2, 0.25) is 0 Å². The van der Waals surface area contributed by atoms with Crippen LogP contribution in [0.15, 0.2) is 12.3 Å². The minimum Gasteiger partial charge on any atom is -0.481 e. The predicted octanol–water partition coefficient (Wildman–Crippen LogP) is 1.18. The molecular formula is C21H30N6O4. The third-order valence-electron chi connectivity index (χ3n) is 7.51. The Morgan fingerprint density at radius 3 is 2.45 bits per heavy atom. The Kier molecular flexibility index (Phi) is 5.33. The average molecular weight is 431 g/mol. The summed E-state index contributed by atoms with van der Waals surface area (Å²) < 4.78 is 5.90. The van der Waals surface area contributed by atoms with Gasteiger partial charge in [-0.15, -0.1) is 0 Å². The first-order valence-electron chi connectivity index (χ1n) is 11.3. The number of carboxylic acid groups (broad SMARTS) is 1. The summed E-state index contributed by atoms with van der Waals surface area (Å²) in [6.45, 7) is 3.16. The fraction of sp³-hybridized carbons (Fsp3) is 0.714. The van der Waals surface area contributed by atoms with Crippen molar-refractivity contribution in [2.75, 3.05) is 36.8 Å². The van der Waals surface area contributed by atoms with Gasteiger partial charge in [0.15, 0.2) is 0 Å². The van der Waals surface area contributed by atoms with E-state index in [1.54, 1.807) is 6.20 Å². The molecule has 1 aliphatic carbocycles. The zero-order valence-electron chi connectivity index (χ0n) is 17.6. The van der Waals surface area contributed by atoms with Gasteiger partial charge in [0.25, 0.3) is 0 Å². The molecule has 3 aliphatic heterocycles. The van der Waals surface area contributed by atoms with Crippen molar-refractivity contribution in [3.8, 4) is 0 Å². The van der Waals surface area contributed by atoms with Crippen LogP contribution in [0.1, 0.15) is 38.5 Å². The second-order valence-electron chi connectivity index (χ2n) is 9.11. The maximum absolute atomic E-state index is 12.8. The van der Waals surface area contributed by atoms with E-state index in [9.17, 15) is 14.7 Å². The molecule has 1 saturated carbocycles. The number of anilines is 2. The van der Waals surface area contributed by atoms with E-state index in [1.807, 2.05) is 11.0 Å². The Morgan fingerprint density at radius 1 is 1.06 bits per heavy atom. The van der Waals surface area contributed by atoms with Crippen molar-refractivity contribution in [1.82, 2.24) is 19.8 Å². The molecule has 3 N–H and O–H groups in total. The topological polar surface area (TPSA) is 125 Å². The number of hydrogen-bond donors (Lipinski definition) is 2. The van der Waals surface area contributed by atoms with Gasteiger partial charge in [0, 0.05) is 31.4 Å². The largest absolute Gasteiger partial charge is 0.481 e. The highest BCUT2D eigenvalue weighted by atomic mass is 16.6. The minimum absolute atomic E-state index is 0.103. The van der Waals surface area contributed by atoms with Gasteiger partial charge in [-0.3, -0.25) is 14.6 Å². The first-order valence-corrected chi connectivity index (χ1v) is 11.3. The van der Waals surface area contributed by atoms with Crippen molar-refractivity contribution in [2.24, 2.45) is 5.92 Å². The second kappa shape index (κ2) is 8.14. The van der Waals surface area contributed by atoms with Gasteiger partial charge in [-0.1, -0.05) is 0 Å². The summed E-state index contributed by atoms with van der Waals surface area (Å²) in [4.78, 5) is 38.9. The molecule has 0 spiro atoms. The number of likely N-dealkylation sites (tertiary alicyclic amines) is 1. The molecule has 4 fully saturated rings. The van der Waals surface area contributed by atoms with E-state index in [-0.39, 0.29) is 42.2 Å². The molecule has 3 atom stereocenters. The average Bonchev–Trinajstić information content (AvgIpc) is 3.31. The van der Waals surface area contributed by atoms with Crippen molar-refractivity contribution in [3.05, 3.63) is 12.3 Å². The maximum atomic E-state index is 12.8. The molecular weight excluding hydrogens is 400 g/mol. The molecule has 31 heavy (non-hydrogen) atoms. The lowest BCUT2D eigenvalue weighted by Crippen LogP contribution is -2.50. The first kappa shape index (κ1) is 20.3. The molecule has 3 saturated heterocycles. The van der Waals surface area contributed by atoms with Crippen molar-refractivity contribution in [1.29, 1.82) is 0 Å². The van der Waals surface area contributed by atoms with E-state index in [4.69, 9.17) is 10.5 Å². The zero-order chi connectivity index (χ0) is 21.5. The number of hydrogen-bond acceptors (Lipinski definition) is 8. The number of amides is 1. The third kappa shape index (κ3) is 3.77. The SMILES string of the molecule is Nc1nccc(N2CCC(N3C(=O)OC4C(N5CCC(C(=O)O)CC5)CCC43)CC2)n1. The van der Waals surface area contributed by atoms with Gasteiger partial charge in [0.1, 0.15) is 11.9 Å². The number of piperidine rings is 2. The molecule has 0 bridgehead atoms. The van der Waals surface area contributed by atoms with Crippen LogP contribution < -0.4 is 10.6 Å². The van der Waals surface area contributed by atoms with E-state index in [0.717, 1.165) is 57.7 Å². The predicted molar refractivity (Wildman–Crippen MR) is 113 cm³/mol. The number of aromatic nitrogens is 2. The molecule has 0 aromatic carbocycles. The number of rotatable bonds is 4. The van der Waals surface area contributed by atoms with Gasteiger partial charge in [0.05, 0.1) is 12.0 Å². The number of nitrogen functional groups attached to an aromatic ring is 1. The maximum Gasteiger partial charge on any atom is 0.410 e. The van der Waals surface area contributed by atoms with E-state index in [0.29, 0.717) is 12.8 Å². The van der Waals surface area contributed by atoms with Gasteiger partial charge in [0.2, 0.25) is 5.95 Å². The lowest BCUT2D eigenvalue weighted by Gasteiger charge is -2.38. The number of carbonyl (C=O) groups is 2. The fourth-order valence-corrected chi connectivity index (χ4v) is 5.89. The van der Waals surface area contributed by atoms with E-state index in [2.05, 4.69) is 19.8 Å². The monoisotopic (exact) mass is 430 g/mol. The molecule has 3 unspecified atom stereocenters. The lowest BCUT2D eigenvalue weighted by atomic mass is 9.95. The molecule has 1 aromatic heterocycles. The Balaban J connectivity index is 1.20. The minimum atomic E-state index is -0.696. The number of fused-ring (bicyclic) bond motifs is 1. The van der Waals surface area contributed by atoms with Crippen molar-refractivity contribution in [3.63, 3.8) is 0 Å². The van der Waals surface area contributed by atoms with Gasteiger partial charge in [-0.25, -0.2) is 9.78 Å². The van der Waals surface area contributed by atoms with Crippen LogP contribution in [0.3, 0.4) is 0 Å². The number of aliphatic carboxylic acids is 1. The standard InChI is InChI=1S/C21H30N6O4/c22-20-23-8-3-17(24-20)26-11-6-14(7-12-26)27-16-2-1-15(18(16)31-21(27)30)25-9-4-13(5-10-25)19(28)29/h3,8,13-16,18H,1-2,4-7,9-12H2,(H,28,29)(H2,22,23,24). The van der Waals surface area contributed by atoms with Gasteiger partial charge in [-0.2, -0.15) is 4.98 Å². The Bertz CT molecular complexity index is 837. The highest BCUT2D eigenvalue weighted by Gasteiger charge is 2.53. The first-order chi connectivity index (χ1) is 15.0. The molecule has 10 nitrogen and oxygen atoms in total. The molecule has 10 heteroatoms. The number of nitrogens with zero attached hydrogens (tertiary/aromatic N) is 5. The van der Waals surface area contributed by atoms with Crippen LogP contribution >= 0.6 is 0 Å².